The van der Waals surface area contributed by atoms with Gasteiger partial charge in [0.2, 0.25) is 0 Å². The van der Waals surface area contributed by atoms with E-state index in [1.54, 1.807) is 4.90 Å². The van der Waals surface area contributed by atoms with E-state index >= 15 is 0 Å². The zero-order chi connectivity index (χ0) is 22.5. The molecule has 33 heavy (non-hydrogen) atoms. The third kappa shape index (κ3) is 3.56. The van der Waals surface area contributed by atoms with Gasteiger partial charge < -0.3 is 9.30 Å². The normalized spacial score (nSPS) is 23.0. The highest BCUT2D eigenvalue weighted by Crippen LogP contribution is 2.31. The zero-order valence-corrected chi connectivity index (χ0v) is 18.8. The number of carbonyl (C=O) groups excluding carboxylic acids is 1. The molecule has 168 valence electrons. The lowest BCUT2D eigenvalue weighted by atomic mass is 9.96. The average Bonchev–Trinajstić information content (AvgIpc) is 3.50. The molecule has 0 aliphatic carbocycles. The number of fused-ring (bicyclic) bond motifs is 2. The molecule has 2 amide bonds. The minimum absolute atomic E-state index is 0.103. The van der Waals surface area contributed by atoms with Gasteiger partial charge in [-0.25, -0.2) is 14.8 Å². The minimum atomic E-state index is -0.103. The number of pyridine rings is 1. The number of aromatic nitrogens is 2. The molecule has 1 aromatic carbocycles. The van der Waals surface area contributed by atoms with Gasteiger partial charge in [-0.2, -0.15) is 0 Å². The Hall–Kier alpha value is -3.65. The first-order valence-corrected chi connectivity index (χ1v) is 11.4. The van der Waals surface area contributed by atoms with Gasteiger partial charge in [-0.05, 0) is 36.6 Å². The summed E-state index contributed by atoms with van der Waals surface area (Å²) >= 11 is 0. The van der Waals surface area contributed by atoms with Crippen molar-refractivity contribution in [3.63, 3.8) is 0 Å². The van der Waals surface area contributed by atoms with Gasteiger partial charge in [0.15, 0.2) is 5.82 Å². The van der Waals surface area contributed by atoms with Gasteiger partial charge in [0.05, 0.1) is 5.69 Å². The number of urea groups is 1. The van der Waals surface area contributed by atoms with Crippen LogP contribution >= 0.6 is 0 Å². The maximum absolute atomic E-state index is 12.9. The molecule has 0 bridgehead atoms. The molecule has 0 radical (unpaired) electrons. The van der Waals surface area contributed by atoms with Crippen molar-refractivity contribution in [2.24, 2.45) is 16.8 Å². The smallest absolute Gasteiger partial charge is 0.325 e. The van der Waals surface area contributed by atoms with Gasteiger partial charge >= 0.3 is 6.03 Å². The maximum atomic E-state index is 12.9. The van der Waals surface area contributed by atoms with Crippen LogP contribution < -0.4 is 10.2 Å². The van der Waals surface area contributed by atoms with Crippen LogP contribution in [0.15, 0.2) is 71.9 Å². The Morgan fingerprint density at radius 1 is 1.12 bits per heavy atom. The highest BCUT2D eigenvalue weighted by atomic mass is 16.2. The van der Waals surface area contributed by atoms with Gasteiger partial charge in [-0.15, -0.1) is 0 Å². The predicted octanol–water partition coefficient (Wildman–Crippen LogP) is 3.41. The van der Waals surface area contributed by atoms with E-state index in [2.05, 4.69) is 51.7 Å². The number of amidine groups is 1. The molecule has 0 spiro atoms. The number of hydrogen-bond donors (Lipinski definition) is 1. The van der Waals surface area contributed by atoms with Crippen molar-refractivity contribution in [3.05, 3.63) is 78.1 Å². The molecule has 1 N–H and O–H groups in total. The average molecular weight is 442 g/mol. The Morgan fingerprint density at radius 3 is 2.82 bits per heavy atom. The number of aliphatic imine (C=N–C) groups is 1. The number of imidazole rings is 1. The van der Waals surface area contributed by atoms with Crippen LogP contribution in [0, 0.1) is 18.8 Å². The van der Waals surface area contributed by atoms with Crippen molar-refractivity contribution < 1.29 is 4.79 Å². The fourth-order valence-corrected chi connectivity index (χ4v) is 5.11. The molecule has 8 heteroatoms. The minimum Gasteiger partial charge on any atom is -0.325 e. The lowest BCUT2D eigenvalue weighted by molar-refractivity contribution is 0.216. The topological polar surface area (TPSA) is 68.5 Å². The summed E-state index contributed by atoms with van der Waals surface area (Å²) in [6, 6.07) is 14.1. The van der Waals surface area contributed by atoms with Crippen molar-refractivity contribution in [2.45, 2.75) is 20.4 Å². The predicted molar refractivity (Wildman–Crippen MR) is 128 cm³/mol. The molecular weight excluding hydrogens is 414 g/mol. The first-order chi connectivity index (χ1) is 16.0. The van der Waals surface area contributed by atoms with E-state index in [0.717, 1.165) is 42.5 Å². The highest BCUT2D eigenvalue weighted by Gasteiger charge is 2.39. The van der Waals surface area contributed by atoms with E-state index in [1.165, 1.54) is 5.56 Å². The van der Waals surface area contributed by atoms with Crippen LogP contribution in [-0.2, 0) is 6.54 Å². The van der Waals surface area contributed by atoms with Crippen LogP contribution in [0.25, 0.3) is 5.65 Å². The number of para-hydroxylation sites is 1. The second-order valence-corrected chi connectivity index (χ2v) is 9.22. The van der Waals surface area contributed by atoms with E-state index in [1.807, 2.05) is 42.7 Å². The number of nitrogens with zero attached hydrogens (tertiary/aromatic N) is 6. The quantitative estimate of drug-likeness (QED) is 0.674. The number of aryl methyl sites for hydroxylation is 1. The fraction of sp³-hybridized carbons (Fsp3) is 0.320. The van der Waals surface area contributed by atoms with Gasteiger partial charge in [0.1, 0.15) is 18.2 Å². The van der Waals surface area contributed by atoms with Crippen molar-refractivity contribution in [1.82, 2.24) is 24.5 Å². The molecule has 6 rings (SSSR count). The van der Waals surface area contributed by atoms with Crippen LogP contribution in [0.5, 0.6) is 0 Å². The Morgan fingerprint density at radius 2 is 1.97 bits per heavy atom. The number of nitrogens with one attached hydrogen (secondary N) is 1. The molecule has 3 aliphatic rings. The Labute approximate surface area is 192 Å². The molecule has 2 atom stereocenters. The van der Waals surface area contributed by atoms with Crippen molar-refractivity contribution in [3.8, 4) is 0 Å². The molecular formula is C25H27N7O. The summed E-state index contributed by atoms with van der Waals surface area (Å²) in [4.78, 5) is 28.7. The SMILES string of the molecule is Cc1ccccc1N1C=C2N=C(C3CN(Cc4cn5ccccc5n4)CC3C)NC(=O)N2C1. The van der Waals surface area contributed by atoms with Crippen molar-refractivity contribution >= 4 is 23.2 Å². The molecule has 8 nitrogen and oxygen atoms in total. The number of benzene rings is 1. The number of anilines is 1. The first kappa shape index (κ1) is 20.0. The summed E-state index contributed by atoms with van der Waals surface area (Å²) in [5.74, 6) is 2.06. The number of likely N-dealkylation sites (tertiary alicyclic amines) is 1. The second-order valence-electron chi connectivity index (χ2n) is 9.22. The molecule has 0 saturated carbocycles. The number of rotatable bonds is 4. The lowest BCUT2D eigenvalue weighted by Crippen LogP contribution is -2.49. The molecule has 3 aliphatic heterocycles. The number of amides is 2. The summed E-state index contributed by atoms with van der Waals surface area (Å²) in [6.07, 6.45) is 6.10. The third-order valence-corrected chi connectivity index (χ3v) is 6.82. The van der Waals surface area contributed by atoms with Gasteiger partial charge in [0.25, 0.3) is 0 Å². The van der Waals surface area contributed by atoms with Crippen molar-refractivity contribution in [1.29, 1.82) is 0 Å². The van der Waals surface area contributed by atoms with Crippen molar-refractivity contribution in [2.75, 3.05) is 24.7 Å². The van der Waals surface area contributed by atoms with Crippen LogP contribution in [0.4, 0.5) is 10.5 Å². The van der Waals surface area contributed by atoms with Crippen LogP contribution in [-0.4, -0.2) is 50.8 Å². The standard InChI is InChI=1S/C25H27N7O/c1-17-7-3-4-8-21(17)31-15-23-27-24(28-25(33)32(23)16-31)20-14-29(11-18(20)2)12-19-13-30-10-6-5-9-22(30)26-19/h3-10,13,15,18,20H,11-12,14,16H2,1-2H3,(H,27,28,33). The highest BCUT2D eigenvalue weighted by molar-refractivity contribution is 6.02. The number of hydrogen-bond acceptors (Lipinski definition) is 5. The Balaban J connectivity index is 1.21. The maximum Gasteiger partial charge on any atom is 0.329 e. The van der Waals surface area contributed by atoms with E-state index in [0.29, 0.717) is 18.4 Å². The second kappa shape index (κ2) is 7.74. The van der Waals surface area contributed by atoms with Gasteiger partial charge in [-0.1, -0.05) is 31.2 Å². The molecule has 3 aromatic rings. The van der Waals surface area contributed by atoms with Gasteiger partial charge in [0, 0.05) is 49.8 Å². The summed E-state index contributed by atoms with van der Waals surface area (Å²) in [5, 5.41) is 3.08. The van der Waals surface area contributed by atoms with Gasteiger partial charge in [-0.3, -0.25) is 15.1 Å². The first-order valence-electron chi connectivity index (χ1n) is 11.4. The summed E-state index contributed by atoms with van der Waals surface area (Å²) in [5.41, 5.74) is 4.29. The Kier molecular flexibility index (Phi) is 4.69. The molecule has 1 fully saturated rings. The summed E-state index contributed by atoms with van der Waals surface area (Å²) in [7, 11) is 0. The van der Waals surface area contributed by atoms with E-state index < -0.39 is 0 Å². The monoisotopic (exact) mass is 441 g/mol. The number of carbonyl (C=O) groups is 1. The van der Waals surface area contributed by atoms with E-state index in [9.17, 15) is 4.79 Å². The lowest BCUT2D eigenvalue weighted by Gasteiger charge is -2.28. The summed E-state index contributed by atoms with van der Waals surface area (Å²) in [6.45, 7) is 7.38. The Bertz CT molecular complexity index is 1260. The van der Waals surface area contributed by atoms with E-state index in [4.69, 9.17) is 9.98 Å². The largest absolute Gasteiger partial charge is 0.329 e. The molecule has 5 heterocycles. The fourth-order valence-electron chi connectivity index (χ4n) is 5.11. The summed E-state index contributed by atoms with van der Waals surface area (Å²) < 4.78 is 2.05. The molecule has 2 aromatic heterocycles. The van der Waals surface area contributed by atoms with Crippen LogP contribution in [0.3, 0.4) is 0 Å². The molecule has 1 saturated heterocycles. The van der Waals surface area contributed by atoms with E-state index in [-0.39, 0.29) is 11.9 Å². The van der Waals surface area contributed by atoms with Crippen LogP contribution in [0.1, 0.15) is 18.2 Å². The molecule has 2 unspecified atom stereocenters. The zero-order valence-electron chi connectivity index (χ0n) is 18.8. The third-order valence-electron chi connectivity index (χ3n) is 6.82. The van der Waals surface area contributed by atoms with Crippen LogP contribution in [0.2, 0.25) is 0 Å².